The number of hydrogen-bond donors (Lipinski definition) is 1. The molecular weight excluding hydrogens is 338 g/mol. The van der Waals surface area contributed by atoms with Crippen LogP contribution in [0.5, 0.6) is 11.5 Å². The summed E-state index contributed by atoms with van der Waals surface area (Å²) in [5.41, 5.74) is -0.172. The zero-order valence-electron chi connectivity index (χ0n) is 13.6. The van der Waals surface area contributed by atoms with Crippen LogP contribution in [0.3, 0.4) is 0 Å². The summed E-state index contributed by atoms with van der Waals surface area (Å²) < 4.78 is 43.2. The number of carboxylic acids is 1. The summed E-state index contributed by atoms with van der Waals surface area (Å²) in [6.45, 7) is 4.90. The molecule has 0 saturated carbocycles. The predicted molar refractivity (Wildman–Crippen MR) is 85.3 cm³/mol. The minimum absolute atomic E-state index is 0.0378. The maximum absolute atomic E-state index is 13.0. The van der Waals surface area contributed by atoms with Crippen molar-refractivity contribution in [2.45, 2.75) is 18.7 Å². The van der Waals surface area contributed by atoms with Gasteiger partial charge < -0.3 is 19.3 Å². The standard InChI is InChI=1S/C15H21NO7S/c1-3-22-12-9-11(15(17)18)10-13(14(12)23-4-2)24(19,20)16-5-7-21-8-6-16/h9-10H,3-8H2,1-2H3,(H,17,18). The highest BCUT2D eigenvalue weighted by molar-refractivity contribution is 7.89. The fraction of sp³-hybridized carbons (Fsp3) is 0.533. The van der Waals surface area contributed by atoms with Crippen molar-refractivity contribution in [3.05, 3.63) is 17.7 Å². The van der Waals surface area contributed by atoms with E-state index < -0.39 is 16.0 Å². The lowest BCUT2D eigenvalue weighted by Crippen LogP contribution is -2.40. The Morgan fingerprint density at radius 1 is 1.21 bits per heavy atom. The number of carboxylic acid groups (broad SMARTS) is 1. The molecule has 0 bridgehead atoms. The third-order valence-electron chi connectivity index (χ3n) is 3.44. The summed E-state index contributed by atoms with van der Waals surface area (Å²) in [6.07, 6.45) is 0. The van der Waals surface area contributed by atoms with E-state index in [9.17, 15) is 18.3 Å². The van der Waals surface area contributed by atoms with Gasteiger partial charge in [-0.25, -0.2) is 13.2 Å². The molecule has 1 aromatic rings. The van der Waals surface area contributed by atoms with E-state index in [0.29, 0.717) is 13.2 Å². The van der Waals surface area contributed by atoms with Crippen molar-refractivity contribution in [1.29, 1.82) is 0 Å². The molecule has 0 spiro atoms. The third-order valence-corrected chi connectivity index (χ3v) is 5.35. The SMILES string of the molecule is CCOc1cc(C(=O)O)cc(S(=O)(=O)N2CCOCC2)c1OCC. The Morgan fingerprint density at radius 3 is 2.38 bits per heavy atom. The molecule has 9 heteroatoms. The first-order valence-electron chi connectivity index (χ1n) is 7.66. The van der Waals surface area contributed by atoms with Crippen molar-refractivity contribution in [3.63, 3.8) is 0 Å². The topological polar surface area (TPSA) is 102 Å². The van der Waals surface area contributed by atoms with Gasteiger partial charge in [-0.15, -0.1) is 0 Å². The van der Waals surface area contributed by atoms with E-state index in [4.69, 9.17) is 14.2 Å². The number of nitrogens with zero attached hydrogens (tertiary/aromatic N) is 1. The first-order chi connectivity index (χ1) is 11.4. The molecule has 0 unspecified atom stereocenters. The van der Waals surface area contributed by atoms with Gasteiger partial charge in [-0.1, -0.05) is 0 Å². The summed E-state index contributed by atoms with van der Waals surface area (Å²) in [6, 6.07) is 2.38. The van der Waals surface area contributed by atoms with Crippen molar-refractivity contribution < 1.29 is 32.5 Å². The molecular formula is C15H21NO7S. The lowest BCUT2D eigenvalue weighted by Gasteiger charge is -2.27. The fourth-order valence-electron chi connectivity index (χ4n) is 2.37. The van der Waals surface area contributed by atoms with Crippen molar-refractivity contribution in [2.24, 2.45) is 0 Å². The van der Waals surface area contributed by atoms with Gasteiger partial charge in [-0.3, -0.25) is 0 Å². The van der Waals surface area contributed by atoms with Crippen LogP contribution in [0.2, 0.25) is 0 Å². The normalized spacial score (nSPS) is 15.9. The van der Waals surface area contributed by atoms with Crippen molar-refractivity contribution >= 4 is 16.0 Å². The van der Waals surface area contributed by atoms with E-state index in [2.05, 4.69) is 0 Å². The van der Waals surface area contributed by atoms with Gasteiger partial charge in [-0.2, -0.15) is 4.31 Å². The van der Waals surface area contributed by atoms with Crippen LogP contribution in [-0.4, -0.2) is 63.3 Å². The van der Waals surface area contributed by atoms with Crippen molar-refractivity contribution in [1.82, 2.24) is 4.31 Å². The Kier molecular flexibility index (Phi) is 6.03. The molecule has 134 valence electrons. The molecule has 8 nitrogen and oxygen atoms in total. The number of morpholine rings is 1. The van der Waals surface area contributed by atoms with Crippen LogP contribution in [0, 0.1) is 0 Å². The Morgan fingerprint density at radius 2 is 1.83 bits per heavy atom. The summed E-state index contributed by atoms with van der Waals surface area (Å²) in [5, 5.41) is 9.27. The number of rotatable bonds is 7. The van der Waals surface area contributed by atoms with E-state index in [0.717, 1.165) is 6.07 Å². The Hall–Kier alpha value is -1.84. The minimum Gasteiger partial charge on any atom is -0.490 e. The molecule has 1 N–H and O–H groups in total. The first-order valence-corrected chi connectivity index (χ1v) is 9.10. The average molecular weight is 359 g/mol. The third kappa shape index (κ3) is 3.80. The molecule has 1 heterocycles. The van der Waals surface area contributed by atoms with E-state index in [-0.39, 0.29) is 48.3 Å². The van der Waals surface area contributed by atoms with Gasteiger partial charge in [-0.05, 0) is 26.0 Å². The Labute approximate surface area is 141 Å². The monoisotopic (exact) mass is 359 g/mol. The predicted octanol–water partition coefficient (Wildman–Crippen LogP) is 1.20. The molecule has 0 aromatic heterocycles. The minimum atomic E-state index is -3.93. The molecule has 1 aromatic carbocycles. The fourth-order valence-corrected chi connectivity index (χ4v) is 3.94. The second kappa shape index (κ2) is 7.82. The number of ether oxygens (including phenoxy) is 3. The van der Waals surface area contributed by atoms with Gasteiger partial charge in [0.25, 0.3) is 0 Å². The zero-order chi connectivity index (χ0) is 17.7. The molecule has 0 aliphatic carbocycles. The second-order valence-corrected chi connectivity index (χ2v) is 6.90. The van der Waals surface area contributed by atoms with Gasteiger partial charge in [0.15, 0.2) is 11.5 Å². The Balaban J connectivity index is 2.61. The van der Waals surface area contributed by atoms with Crippen LogP contribution >= 0.6 is 0 Å². The van der Waals surface area contributed by atoms with Crippen LogP contribution in [0.15, 0.2) is 17.0 Å². The maximum atomic E-state index is 13.0. The van der Waals surface area contributed by atoms with Gasteiger partial charge in [0.1, 0.15) is 4.90 Å². The zero-order valence-corrected chi connectivity index (χ0v) is 14.5. The molecule has 0 amide bonds. The highest BCUT2D eigenvalue weighted by Crippen LogP contribution is 2.38. The molecule has 2 rings (SSSR count). The number of sulfonamides is 1. The van der Waals surface area contributed by atoms with Crippen LogP contribution in [0.4, 0.5) is 0 Å². The Bertz CT molecular complexity index is 696. The molecule has 0 radical (unpaired) electrons. The van der Waals surface area contributed by atoms with E-state index in [1.807, 2.05) is 0 Å². The largest absolute Gasteiger partial charge is 0.490 e. The lowest BCUT2D eigenvalue weighted by molar-refractivity contribution is 0.0695. The van der Waals surface area contributed by atoms with Crippen molar-refractivity contribution in [3.8, 4) is 11.5 Å². The smallest absolute Gasteiger partial charge is 0.335 e. The van der Waals surface area contributed by atoms with Gasteiger partial charge in [0.2, 0.25) is 10.0 Å². The number of aromatic carboxylic acids is 1. The molecule has 1 aliphatic heterocycles. The van der Waals surface area contributed by atoms with Crippen LogP contribution in [0.25, 0.3) is 0 Å². The highest BCUT2D eigenvalue weighted by atomic mass is 32.2. The summed E-state index contributed by atoms with van der Waals surface area (Å²) in [4.78, 5) is 11.2. The molecule has 1 fully saturated rings. The highest BCUT2D eigenvalue weighted by Gasteiger charge is 2.32. The van der Waals surface area contributed by atoms with E-state index >= 15 is 0 Å². The van der Waals surface area contributed by atoms with E-state index in [1.54, 1.807) is 13.8 Å². The molecule has 1 saturated heterocycles. The number of hydrogen-bond acceptors (Lipinski definition) is 6. The van der Waals surface area contributed by atoms with Gasteiger partial charge in [0, 0.05) is 13.1 Å². The first kappa shape index (κ1) is 18.5. The van der Waals surface area contributed by atoms with Crippen LogP contribution in [-0.2, 0) is 14.8 Å². The van der Waals surface area contributed by atoms with Crippen LogP contribution in [0.1, 0.15) is 24.2 Å². The van der Waals surface area contributed by atoms with E-state index in [1.165, 1.54) is 10.4 Å². The van der Waals surface area contributed by atoms with Gasteiger partial charge in [0.05, 0.1) is 32.0 Å². The maximum Gasteiger partial charge on any atom is 0.335 e. The molecule has 1 aliphatic rings. The second-order valence-electron chi connectivity index (χ2n) is 4.99. The number of benzene rings is 1. The average Bonchev–Trinajstić information content (AvgIpc) is 2.57. The summed E-state index contributed by atoms with van der Waals surface area (Å²) in [5.74, 6) is -1.10. The summed E-state index contributed by atoms with van der Waals surface area (Å²) in [7, 11) is -3.93. The number of carbonyl (C=O) groups is 1. The quantitative estimate of drug-likeness (QED) is 0.780. The lowest BCUT2D eigenvalue weighted by atomic mass is 10.2. The summed E-state index contributed by atoms with van der Waals surface area (Å²) >= 11 is 0. The van der Waals surface area contributed by atoms with Crippen LogP contribution < -0.4 is 9.47 Å². The molecule has 0 atom stereocenters. The molecule has 24 heavy (non-hydrogen) atoms. The van der Waals surface area contributed by atoms with Gasteiger partial charge >= 0.3 is 5.97 Å². The van der Waals surface area contributed by atoms with Crippen molar-refractivity contribution in [2.75, 3.05) is 39.5 Å².